The lowest BCUT2D eigenvalue weighted by molar-refractivity contribution is 0.136. The van der Waals surface area contributed by atoms with E-state index in [4.69, 9.17) is 4.74 Å². The Morgan fingerprint density at radius 1 is 1.19 bits per heavy atom. The van der Waals surface area contributed by atoms with Gasteiger partial charge in [-0.3, -0.25) is 0 Å². The van der Waals surface area contributed by atoms with Crippen LogP contribution in [0.3, 0.4) is 0 Å². The third-order valence-corrected chi connectivity index (χ3v) is 3.21. The molecule has 0 atom stereocenters. The first-order valence-electron chi connectivity index (χ1n) is 6.74. The molecule has 0 aromatic carbocycles. The largest absolute Gasteiger partial charge is 0.380 e. The Balaban J connectivity index is 1.91. The molecule has 0 amide bonds. The highest BCUT2D eigenvalue weighted by atomic mass is 16.5. The molecule has 0 bridgehead atoms. The van der Waals surface area contributed by atoms with E-state index in [9.17, 15) is 0 Å². The second-order valence-corrected chi connectivity index (χ2v) is 4.96. The molecule has 1 aliphatic carbocycles. The van der Waals surface area contributed by atoms with E-state index in [0.29, 0.717) is 0 Å². The van der Waals surface area contributed by atoms with E-state index in [0.717, 1.165) is 32.2 Å². The summed E-state index contributed by atoms with van der Waals surface area (Å²) in [5.41, 5.74) is 1.21. The first kappa shape index (κ1) is 13.7. The van der Waals surface area contributed by atoms with Gasteiger partial charge in [-0.15, -0.1) is 6.58 Å². The zero-order valence-electron chi connectivity index (χ0n) is 10.8. The Morgan fingerprint density at radius 2 is 1.88 bits per heavy atom. The molecule has 1 aliphatic rings. The van der Waals surface area contributed by atoms with Crippen LogP contribution in [0.1, 0.15) is 51.9 Å². The Kier molecular flexibility index (Phi) is 7.52. The van der Waals surface area contributed by atoms with Gasteiger partial charge < -0.3 is 10.1 Å². The van der Waals surface area contributed by atoms with Gasteiger partial charge >= 0.3 is 0 Å². The van der Waals surface area contributed by atoms with Crippen molar-refractivity contribution in [3.05, 3.63) is 12.2 Å². The van der Waals surface area contributed by atoms with E-state index in [1.165, 1.54) is 44.1 Å². The highest BCUT2D eigenvalue weighted by Gasteiger charge is 2.10. The molecule has 0 aromatic rings. The maximum absolute atomic E-state index is 5.54. The van der Waals surface area contributed by atoms with Crippen LogP contribution in [0.15, 0.2) is 12.2 Å². The van der Waals surface area contributed by atoms with E-state index in [1.54, 1.807) is 0 Å². The molecule has 1 saturated carbocycles. The van der Waals surface area contributed by atoms with Gasteiger partial charge in [-0.25, -0.2) is 0 Å². The third kappa shape index (κ3) is 7.02. The predicted octanol–water partition coefficient (Wildman–Crippen LogP) is 3.28. The normalized spacial score (nSPS) is 18.3. The van der Waals surface area contributed by atoms with E-state index in [-0.39, 0.29) is 0 Å². The molecule has 1 N–H and O–H groups in total. The number of rotatable bonds is 7. The summed E-state index contributed by atoms with van der Waals surface area (Å²) < 4.78 is 5.54. The molecule has 0 unspecified atom stereocenters. The van der Waals surface area contributed by atoms with Crippen LogP contribution in [0.25, 0.3) is 0 Å². The molecule has 16 heavy (non-hydrogen) atoms. The molecular weight excluding hydrogens is 198 g/mol. The molecule has 0 aliphatic heterocycles. The van der Waals surface area contributed by atoms with Crippen molar-refractivity contribution in [3.8, 4) is 0 Å². The zero-order valence-corrected chi connectivity index (χ0v) is 10.8. The standard InChI is InChI=1S/C14H27NO/c1-13(2)9-11-16-12-10-15-14-7-5-3-4-6-8-14/h14-15H,1,3-12H2,2H3. The number of nitrogens with one attached hydrogen (secondary N) is 1. The van der Waals surface area contributed by atoms with Gasteiger partial charge in [-0.2, -0.15) is 0 Å². The van der Waals surface area contributed by atoms with Gasteiger partial charge in [0.2, 0.25) is 0 Å². The first-order chi connectivity index (χ1) is 7.79. The predicted molar refractivity (Wildman–Crippen MR) is 69.7 cm³/mol. The SMILES string of the molecule is C=C(C)CCOCCNC1CCCCCC1. The fourth-order valence-corrected chi connectivity index (χ4v) is 2.17. The number of hydrogen-bond acceptors (Lipinski definition) is 2. The quantitative estimate of drug-likeness (QED) is 0.408. The van der Waals surface area contributed by atoms with Crippen molar-refractivity contribution in [1.29, 1.82) is 0 Å². The van der Waals surface area contributed by atoms with Gasteiger partial charge in [0.05, 0.1) is 13.2 Å². The fourth-order valence-electron chi connectivity index (χ4n) is 2.17. The minimum atomic E-state index is 0.743. The molecular formula is C14H27NO. The summed E-state index contributed by atoms with van der Waals surface area (Å²) in [7, 11) is 0. The van der Waals surface area contributed by atoms with E-state index in [2.05, 4.69) is 11.9 Å². The number of ether oxygens (including phenoxy) is 1. The molecule has 2 heteroatoms. The van der Waals surface area contributed by atoms with Gasteiger partial charge in [0.1, 0.15) is 0 Å². The van der Waals surface area contributed by atoms with Gasteiger partial charge in [0, 0.05) is 12.6 Å². The molecule has 94 valence electrons. The highest BCUT2D eigenvalue weighted by Crippen LogP contribution is 2.16. The summed E-state index contributed by atoms with van der Waals surface area (Å²) in [6, 6.07) is 0.743. The molecule has 2 nitrogen and oxygen atoms in total. The van der Waals surface area contributed by atoms with Gasteiger partial charge in [0.25, 0.3) is 0 Å². The summed E-state index contributed by atoms with van der Waals surface area (Å²) in [5, 5.41) is 3.60. The Bertz CT molecular complexity index is 183. The second-order valence-electron chi connectivity index (χ2n) is 4.96. The molecule has 0 radical (unpaired) electrons. The van der Waals surface area contributed by atoms with Crippen LogP contribution in [0.2, 0.25) is 0 Å². The second kappa shape index (κ2) is 8.77. The maximum Gasteiger partial charge on any atom is 0.0591 e. The molecule has 0 spiro atoms. The topological polar surface area (TPSA) is 21.3 Å². The minimum absolute atomic E-state index is 0.743. The Labute approximate surface area is 100 Å². The minimum Gasteiger partial charge on any atom is -0.380 e. The summed E-state index contributed by atoms with van der Waals surface area (Å²) in [6.07, 6.45) is 9.34. The number of hydrogen-bond donors (Lipinski definition) is 1. The van der Waals surface area contributed by atoms with Crippen molar-refractivity contribution in [2.75, 3.05) is 19.8 Å². The van der Waals surface area contributed by atoms with Crippen LogP contribution < -0.4 is 5.32 Å². The molecule has 1 fully saturated rings. The van der Waals surface area contributed by atoms with Crippen molar-refractivity contribution in [1.82, 2.24) is 5.32 Å². The zero-order chi connectivity index (χ0) is 11.6. The fraction of sp³-hybridized carbons (Fsp3) is 0.857. The van der Waals surface area contributed by atoms with Crippen molar-refractivity contribution >= 4 is 0 Å². The first-order valence-corrected chi connectivity index (χ1v) is 6.74. The van der Waals surface area contributed by atoms with Crippen molar-refractivity contribution < 1.29 is 4.74 Å². The average Bonchev–Trinajstić information content (AvgIpc) is 2.51. The lowest BCUT2D eigenvalue weighted by Crippen LogP contribution is -2.31. The molecule has 0 saturated heterocycles. The van der Waals surface area contributed by atoms with Crippen LogP contribution in [0.4, 0.5) is 0 Å². The third-order valence-electron chi connectivity index (χ3n) is 3.21. The Hall–Kier alpha value is -0.340. The summed E-state index contributed by atoms with van der Waals surface area (Å²) in [5.74, 6) is 0. The summed E-state index contributed by atoms with van der Waals surface area (Å²) >= 11 is 0. The van der Waals surface area contributed by atoms with E-state index >= 15 is 0 Å². The van der Waals surface area contributed by atoms with E-state index in [1.807, 2.05) is 6.92 Å². The van der Waals surface area contributed by atoms with E-state index < -0.39 is 0 Å². The average molecular weight is 225 g/mol. The lowest BCUT2D eigenvalue weighted by Gasteiger charge is -2.16. The van der Waals surface area contributed by atoms with Crippen LogP contribution >= 0.6 is 0 Å². The van der Waals surface area contributed by atoms with Crippen LogP contribution in [-0.4, -0.2) is 25.8 Å². The van der Waals surface area contributed by atoms with Crippen LogP contribution in [-0.2, 0) is 4.74 Å². The van der Waals surface area contributed by atoms with Gasteiger partial charge in [-0.1, -0.05) is 31.3 Å². The summed E-state index contributed by atoms with van der Waals surface area (Å²) in [6.45, 7) is 8.57. The Morgan fingerprint density at radius 3 is 2.50 bits per heavy atom. The van der Waals surface area contributed by atoms with Crippen LogP contribution in [0, 0.1) is 0 Å². The van der Waals surface area contributed by atoms with Gasteiger partial charge in [0.15, 0.2) is 0 Å². The highest BCUT2D eigenvalue weighted by molar-refractivity contribution is 4.87. The summed E-state index contributed by atoms with van der Waals surface area (Å²) in [4.78, 5) is 0. The smallest absolute Gasteiger partial charge is 0.0591 e. The molecule has 0 heterocycles. The van der Waals surface area contributed by atoms with Crippen molar-refractivity contribution in [3.63, 3.8) is 0 Å². The maximum atomic E-state index is 5.54. The lowest BCUT2D eigenvalue weighted by atomic mass is 10.1. The molecule has 1 rings (SSSR count). The van der Waals surface area contributed by atoms with Crippen molar-refractivity contribution in [2.45, 2.75) is 57.9 Å². The van der Waals surface area contributed by atoms with Crippen molar-refractivity contribution in [2.24, 2.45) is 0 Å². The van der Waals surface area contributed by atoms with Gasteiger partial charge in [-0.05, 0) is 26.2 Å². The van der Waals surface area contributed by atoms with Crippen LogP contribution in [0.5, 0.6) is 0 Å². The molecule has 0 aromatic heterocycles. The monoisotopic (exact) mass is 225 g/mol.